The third-order valence-corrected chi connectivity index (χ3v) is 5.08. The first-order valence-electron chi connectivity index (χ1n) is 6.36. The Hall–Kier alpha value is -1.000. The molecule has 0 N–H and O–H groups in total. The zero-order valence-electron chi connectivity index (χ0n) is 10.1. The van der Waals surface area contributed by atoms with Crippen LogP contribution in [-0.4, -0.2) is 0 Å². The van der Waals surface area contributed by atoms with Crippen LogP contribution in [0.5, 0.6) is 0 Å². The molecule has 1 spiro atoms. The highest BCUT2D eigenvalue weighted by molar-refractivity contribution is 6.32. The van der Waals surface area contributed by atoms with Gasteiger partial charge in [-0.05, 0) is 60.8 Å². The fraction of sp³-hybridized carbons (Fsp3) is 0.533. The van der Waals surface area contributed by atoms with Crippen molar-refractivity contribution in [2.75, 3.05) is 0 Å². The molecule has 1 fully saturated rings. The molecule has 0 saturated heterocycles. The second kappa shape index (κ2) is 3.75. The highest BCUT2D eigenvalue weighted by Gasteiger charge is 2.41. The minimum absolute atomic E-state index is 0.436. The lowest BCUT2D eigenvalue weighted by Crippen LogP contribution is -2.15. The second-order valence-corrected chi connectivity index (χ2v) is 6.06. The van der Waals surface area contributed by atoms with Crippen LogP contribution in [0.25, 0.3) is 0 Å². The molecular weight excluding hydrogens is 230 g/mol. The van der Waals surface area contributed by atoms with Crippen molar-refractivity contribution in [2.45, 2.75) is 45.4 Å². The van der Waals surface area contributed by atoms with Gasteiger partial charge in [0, 0.05) is 5.02 Å². The Morgan fingerprint density at radius 2 is 1.88 bits per heavy atom. The number of nitrogens with zero attached hydrogens (tertiary/aromatic N) is 1. The van der Waals surface area contributed by atoms with Crippen molar-refractivity contribution in [1.29, 1.82) is 5.26 Å². The smallest absolute Gasteiger partial charge is 0.0994 e. The highest BCUT2D eigenvalue weighted by atomic mass is 35.5. The number of halogens is 1. The monoisotopic (exact) mass is 245 g/mol. The number of rotatable bonds is 0. The van der Waals surface area contributed by atoms with E-state index in [0.29, 0.717) is 5.41 Å². The Bertz CT molecular complexity index is 519. The van der Waals surface area contributed by atoms with Crippen molar-refractivity contribution in [1.82, 2.24) is 0 Å². The summed E-state index contributed by atoms with van der Waals surface area (Å²) in [7, 11) is 0. The predicted molar refractivity (Wildman–Crippen MR) is 69.2 cm³/mol. The lowest BCUT2D eigenvalue weighted by atomic mass is 9.83. The molecule has 0 aromatic heterocycles. The van der Waals surface area contributed by atoms with Crippen LogP contribution < -0.4 is 0 Å². The molecule has 17 heavy (non-hydrogen) atoms. The number of hydrogen-bond donors (Lipinski definition) is 0. The summed E-state index contributed by atoms with van der Waals surface area (Å²) in [4.78, 5) is 0. The standard InChI is InChI=1S/C15H16ClN/c1-10-6-11(9-17)12-7-15(4-2-3-5-15)8-13(12)14(10)16/h6H,2-5,7-8H2,1H3. The molecular formula is C15H16ClN. The summed E-state index contributed by atoms with van der Waals surface area (Å²) >= 11 is 6.42. The number of benzene rings is 1. The van der Waals surface area contributed by atoms with E-state index in [0.717, 1.165) is 29.0 Å². The van der Waals surface area contributed by atoms with Crippen molar-refractivity contribution >= 4 is 11.6 Å². The molecule has 88 valence electrons. The van der Waals surface area contributed by atoms with Crippen molar-refractivity contribution in [3.8, 4) is 6.07 Å². The zero-order chi connectivity index (χ0) is 12.0. The molecule has 2 aliphatic carbocycles. The third-order valence-electron chi connectivity index (χ3n) is 4.55. The lowest BCUT2D eigenvalue weighted by molar-refractivity contribution is 0.318. The molecule has 0 unspecified atom stereocenters. The summed E-state index contributed by atoms with van der Waals surface area (Å²) in [6, 6.07) is 4.30. The minimum Gasteiger partial charge on any atom is -0.192 e. The molecule has 1 saturated carbocycles. The van der Waals surface area contributed by atoms with Crippen molar-refractivity contribution < 1.29 is 0 Å². The fourth-order valence-electron chi connectivity index (χ4n) is 3.68. The van der Waals surface area contributed by atoms with Crippen LogP contribution in [0, 0.1) is 23.7 Å². The van der Waals surface area contributed by atoms with Crippen LogP contribution in [0.2, 0.25) is 5.02 Å². The van der Waals surface area contributed by atoms with Crippen LogP contribution in [0.3, 0.4) is 0 Å². The maximum absolute atomic E-state index is 9.26. The van der Waals surface area contributed by atoms with Gasteiger partial charge in [-0.15, -0.1) is 0 Å². The Morgan fingerprint density at radius 1 is 1.24 bits per heavy atom. The van der Waals surface area contributed by atoms with E-state index in [4.69, 9.17) is 11.6 Å². The maximum atomic E-state index is 9.26. The minimum atomic E-state index is 0.436. The summed E-state index contributed by atoms with van der Waals surface area (Å²) in [5.41, 5.74) is 4.85. The van der Waals surface area contributed by atoms with Gasteiger partial charge in [0.05, 0.1) is 11.6 Å². The normalized spacial score (nSPS) is 20.5. The highest BCUT2D eigenvalue weighted by Crippen LogP contribution is 2.51. The molecule has 0 radical (unpaired) electrons. The molecule has 1 aromatic rings. The quantitative estimate of drug-likeness (QED) is 0.673. The van der Waals surface area contributed by atoms with Gasteiger partial charge in [0.25, 0.3) is 0 Å². The van der Waals surface area contributed by atoms with Crippen molar-refractivity contribution in [3.63, 3.8) is 0 Å². The first kappa shape index (κ1) is 11.1. The topological polar surface area (TPSA) is 23.8 Å². The molecule has 1 aromatic carbocycles. The number of hydrogen-bond acceptors (Lipinski definition) is 1. The van der Waals surface area contributed by atoms with E-state index in [1.807, 2.05) is 13.0 Å². The van der Waals surface area contributed by atoms with Crippen LogP contribution in [0.1, 0.15) is 47.9 Å². The summed E-state index contributed by atoms with van der Waals surface area (Å²) < 4.78 is 0. The van der Waals surface area contributed by atoms with Gasteiger partial charge >= 0.3 is 0 Å². The molecule has 0 amide bonds. The van der Waals surface area contributed by atoms with E-state index < -0.39 is 0 Å². The van der Waals surface area contributed by atoms with Crippen LogP contribution in [0.15, 0.2) is 6.07 Å². The van der Waals surface area contributed by atoms with E-state index in [9.17, 15) is 5.26 Å². The van der Waals surface area contributed by atoms with Gasteiger partial charge in [0.1, 0.15) is 0 Å². The maximum Gasteiger partial charge on any atom is 0.0994 e. The third kappa shape index (κ3) is 1.58. The largest absolute Gasteiger partial charge is 0.192 e. The van der Waals surface area contributed by atoms with Gasteiger partial charge in [-0.3, -0.25) is 0 Å². The van der Waals surface area contributed by atoms with Gasteiger partial charge in [0.2, 0.25) is 0 Å². The second-order valence-electron chi connectivity index (χ2n) is 5.68. The molecule has 2 aliphatic rings. The van der Waals surface area contributed by atoms with Crippen molar-refractivity contribution in [2.24, 2.45) is 5.41 Å². The number of nitriles is 1. The van der Waals surface area contributed by atoms with Gasteiger partial charge in [-0.25, -0.2) is 0 Å². The van der Waals surface area contributed by atoms with Crippen molar-refractivity contribution in [3.05, 3.63) is 33.3 Å². The van der Waals surface area contributed by atoms with Gasteiger partial charge in [0.15, 0.2) is 0 Å². The van der Waals surface area contributed by atoms with E-state index in [2.05, 4.69) is 6.07 Å². The summed E-state index contributed by atoms with van der Waals surface area (Å²) in [5.74, 6) is 0. The van der Waals surface area contributed by atoms with E-state index in [1.54, 1.807) is 0 Å². The molecule has 0 aliphatic heterocycles. The summed E-state index contributed by atoms with van der Waals surface area (Å²) in [6.45, 7) is 2.00. The Labute approximate surface area is 107 Å². The van der Waals surface area contributed by atoms with Crippen LogP contribution >= 0.6 is 11.6 Å². The van der Waals surface area contributed by atoms with Gasteiger partial charge < -0.3 is 0 Å². The first-order chi connectivity index (χ1) is 8.15. The van der Waals surface area contributed by atoms with Crippen LogP contribution in [-0.2, 0) is 12.8 Å². The molecule has 2 heteroatoms. The molecule has 0 heterocycles. The average molecular weight is 246 g/mol. The molecule has 3 rings (SSSR count). The summed E-state index contributed by atoms with van der Waals surface area (Å²) in [6.07, 6.45) is 7.46. The average Bonchev–Trinajstić information content (AvgIpc) is 2.92. The first-order valence-corrected chi connectivity index (χ1v) is 6.74. The molecule has 0 bridgehead atoms. The van der Waals surface area contributed by atoms with Crippen LogP contribution in [0.4, 0.5) is 0 Å². The Morgan fingerprint density at radius 3 is 2.53 bits per heavy atom. The van der Waals surface area contributed by atoms with E-state index in [-0.39, 0.29) is 0 Å². The van der Waals surface area contributed by atoms with Gasteiger partial charge in [-0.2, -0.15) is 5.26 Å². The Balaban J connectivity index is 2.13. The lowest BCUT2D eigenvalue weighted by Gasteiger charge is -2.21. The SMILES string of the molecule is Cc1cc(C#N)c2c(c1Cl)CC1(CCCC1)C2. The summed E-state index contributed by atoms with van der Waals surface area (Å²) in [5, 5.41) is 10.2. The zero-order valence-corrected chi connectivity index (χ0v) is 10.9. The molecule has 1 nitrogen and oxygen atoms in total. The van der Waals surface area contributed by atoms with E-state index >= 15 is 0 Å². The Kier molecular flexibility index (Phi) is 2.45. The number of fused-ring (bicyclic) bond motifs is 1. The van der Waals surface area contributed by atoms with E-state index in [1.165, 1.54) is 36.8 Å². The fourth-order valence-corrected chi connectivity index (χ4v) is 3.91. The van der Waals surface area contributed by atoms with Gasteiger partial charge in [-0.1, -0.05) is 24.4 Å². The number of aryl methyl sites for hydroxylation is 1. The predicted octanol–water partition coefficient (Wildman–Crippen LogP) is 4.18. The molecule has 0 atom stereocenters.